The Bertz CT molecular complexity index is 755. The summed E-state index contributed by atoms with van der Waals surface area (Å²) < 4.78 is 4.79. The van der Waals surface area contributed by atoms with Gasteiger partial charge >= 0.3 is 11.0 Å². The van der Waals surface area contributed by atoms with E-state index in [-0.39, 0.29) is 15.7 Å². The quantitative estimate of drug-likeness (QED) is 0.368. The van der Waals surface area contributed by atoms with Crippen LogP contribution < -0.4 is 5.32 Å². The Morgan fingerprint density at radius 3 is 2.61 bits per heavy atom. The number of nitro groups is 1. The van der Waals surface area contributed by atoms with Gasteiger partial charge in [0.05, 0.1) is 10.5 Å². The number of rotatable bonds is 6. The highest BCUT2D eigenvalue weighted by atomic mass is 32.1. The van der Waals surface area contributed by atoms with Crippen LogP contribution in [0.15, 0.2) is 30.5 Å². The number of carbonyl (C=O) groups excluding carboxylic acids is 3. The van der Waals surface area contributed by atoms with E-state index in [9.17, 15) is 24.5 Å². The standard InChI is InChI=1S/C13H9N3O6S/c17-6-8-1-3-9(4-2-8)12(19)22-7-10(18)15-13-14-5-11(23-13)16(20)21/h1-6H,7H2,(H,14,15,18). The van der Waals surface area contributed by atoms with Crippen LogP contribution in [0, 0.1) is 10.1 Å². The van der Waals surface area contributed by atoms with E-state index in [4.69, 9.17) is 4.74 Å². The van der Waals surface area contributed by atoms with Crippen molar-refractivity contribution < 1.29 is 24.0 Å². The number of hydrogen-bond donors (Lipinski definition) is 1. The predicted octanol–water partition coefficient (Wildman–Crippen LogP) is 1.66. The van der Waals surface area contributed by atoms with Gasteiger partial charge in [-0.25, -0.2) is 9.78 Å². The minimum absolute atomic E-state index is 0.0353. The minimum atomic E-state index is -0.734. The van der Waals surface area contributed by atoms with Gasteiger partial charge in [0.1, 0.15) is 12.5 Å². The molecule has 0 fully saturated rings. The second-order valence-corrected chi connectivity index (χ2v) is 5.13. The van der Waals surface area contributed by atoms with Gasteiger partial charge in [-0.1, -0.05) is 12.1 Å². The number of esters is 1. The number of hydrogen-bond acceptors (Lipinski definition) is 8. The van der Waals surface area contributed by atoms with E-state index in [0.29, 0.717) is 23.2 Å². The van der Waals surface area contributed by atoms with E-state index in [0.717, 1.165) is 6.20 Å². The highest BCUT2D eigenvalue weighted by Crippen LogP contribution is 2.24. The van der Waals surface area contributed by atoms with Crippen LogP contribution in [-0.4, -0.2) is 34.7 Å². The molecule has 2 aromatic rings. The van der Waals surface area contributed by atoms with Crippen molar-refractivity contribution in [1.29, 1.82) is 0 Å². The third-order valence-electron chi connectivity index (χ3n) is 2.54. The topological polar surface area (TPSA) is 128 Å². The molecule has 1 heterocycles. The van der Waals surface area contributed by atoms with Gasteiger partial charge < -0.3 is 4.74 Å². The van der Waals surface area contributed by atoms with Gasteiger partial charge in [0.2, 0.25) is 0 Å². The predicted molar refractivity (Wildman–Crippen MR) is 79.5 cm³/mol. The van der Waals surface area contributed by atoms with Crippen molar-refractivity contribution in [1.82, 2.24) is 4.98 Å². The van der Waals surface area contributed by atoms with Crippen LogP contribution in [0.3, 0.4) is 0 Å². The number of ether oxygens (including phenoxy) is 1. The Morgan fingerprint density at radius 1 is 1.35 bits per heavy atom. The van der Waals surface area contributed by atoms with Gasteiger partial charge in [-0.3, -0.25) is 25.0 Å². The monoisotopic (exact) mass is 335 g/mol. The van der Waals surface area contributed by atoms with Gasteiger partial charge in [0.15, 0.2) is 11.7 Å². The van der Waals surface area contributed by atoms with Crippen molar-refractivity contribution in [2.75, 3.05) is 11.9 Å². The van der Waals surface area contributed by atoms with Crippen LogP contribution in [0.5, 0.6) is 0 Å². The van der Waals surface area contributed by atoms with E-state index in [2.05, 4.69) is 10.3 Å². The summed E-state index contributed by atoms with van der Waals surface area (Å²) in [4.78, 5) is 47.3. The molecule has 0 spiro atoms. The summed E-state index contributed by atoms with van der Waals surface area (Å²) in [5.74, 6) is -1.41. The summed E-state index contributed by atoms with van der Waals surface area (Å²) in [5.41, 5.74) is 0.595. The lowest BCUT2D eigenvalue weighted by Gasteiger charge is -2.04. The van der Waals surface area contributed by atoms with Crippen molar-refractivity contribution in [3.63, 3.8) is 0 Å². The molecular formula is C13H9N3O6S. The van der Waals surface area contributed by atoms with E-state index in [1.54, 1.807) is 0 Å². The maximum absolute atomic E-state index is 11.7. The molecule has 1 aromatic heterocycles. The molecular weight excluding hydrogens is 326 g/mol. The second kappa shape index (κ2) is 7.22. The third kappa shape index (κ3) is 4.41. The molecule has 0 saturated carbocycles. The summed E-state index contributed by atoms with van der Waals surface area (Å²) in [6.45, 7) is -0.568. The molecule has 0 aliphatic heterocycles. The number of nitrogens with zero attached hydrogens (tertiary/aromatic N) is 2. The number of aromatic nitrogens is 1. The summed E-state index contributed by atoms with van der Waals surface area (Å²) in [7, 11) is 0. The first-order chi connectivity index (χ1) is 11.0. The average Bonchev–Trinajstić information content (AvgIpc) is 3.01. The highest BCUT2D eigenvalue weighted by molar-refractivity contribution is 7.18. The Morgan fingerprint density at radius 2 is 2.04 bits per heavy atom. The Kier molecular flexibility index (Phi) is 5.10. The molecule has 2 rings (SSSR count). The fourth-order valence-corrected chi connectivity index (χ4v) is 2.12. The molecule has 0 aliphatic carbocycles. The van der Waals surface area contributed by atoms with Crippen LogP contribution >= 0.6 is 11.3 Å². The molecule has 0 radical (unpaired) electrons. The third-order valence-corrected chi connectivity index (χ3v) is 3.40. The molecule has 0 atom stereocenters. The Hall–Kier alpha value is -3.14. The van der Waals surface area contributed by atoms with Gasteiger partial charge in [0.25, 0.3) is 5.91 Å². The number of anilines is 1. The molecule has 1 amide bonds. The lowest BCUT2D eigenvalue weighted by molar-refractivity contribution is -0.380. The summed E-state index contributed by atoms with van der Waals surface area (Å²) in [5, 5.41) is 12.6. The first kappa shape index (κ1) is 16.2. The summed E-state index contributed by atoms with van der Waals surface area (Å²) >= 11 is 0.688. The summed E-state index contributed by atoms with van der Waals surface area (Å²) in [6, 6.07) is 5.68. The van der Waals surface area contributed by atoms with Crippen LogP contribution in [0.4, 0.5) is 10.1 Å². The molecule has 0 saturated heterocycles. The SMILES string of the molecule is O=Cc1ccc(C(=O)OCC(=O)Nc2ncc([N+](=O)[O-])s2)cc1. The molecule has 1 N–H and O–H groups in total. The maximum Gasteiger partial charge on any atom is 0.345 e. The average molecular weight is 335 g/mol. The zero-order valence-corrected chi connectivity index (χ0v) is 12.2. The molecule has 0 bridgehead atoms. The molecule has 1 aromatic carbocycles. The normalized spacial score (nSPS) is 9.91. The van der Waals surface area contributed by atoms with Gasteiger partial charge in [-0.15, -0.1) is 0 Å². The van der Waals surface area contributed by atoms with E-state index in [1.165, 1.54) is 24.3 Å². The molecule has 118 valence electrons. The summed E-state index contributed by atoms with van der Waals surface area (Å²) in [6.07, 6.45) is 1.65. The van der Waals surface area contributed by atoms with Gasteiger partial charge in [-0.2, -0.15) is 0 Å². The second-order valence-electron chi connectivity index (χ2n) is 4.12. The number of benzene rings is 1. The van der Waals surface area contributed by atoms with Crippen LogP contribution in [0.2, 0.25) is 0 Å². The van der Waals surface area contributed by atoms with Crippen LogP contribution in [0.25, 0.3) is 0 Å². The lowest BCUT2D eigenvalue weighted by atomic mass is 10.1. The number of nitrogens with one attached hydrogen (secondary N) is 1. The smallest absolute Gasteiger partial charge is 0.345 e. The number of amides is 1. The van der Waals surface area contributed by atoms with Crippen molar-refractivity contribution >= 4 is 39.6 Å². The van der Waals surface area contributed by atoms with Crippen molar-refractivity contribution in [3.05, 3.63) is 51.7 Å². The number of carbonyl (C=O) groups is 3. The van der Waals surface area contributed by atoms with Crippen LogP contribution in [-0.2, 0) is 9.53 Å². The first-order valence-corrected chi connectivity index (χ1v) is 6.93. The van der Waals surface area contributed by atoms with E-state index < -0.39 is 23.4 Å². The van der Waals surface area contributed by atoms with Crippen molar-refractivity contribution in [2.45, 2.75) is 0 Å². The van der Waals surface area contributed by atoms with E-state index >= 15 is 0 Å². The fourth-order valence-electron chi connectivity index (χ4n) is 1.48. The van der Waals surface area contributed by atoms with Crippen molar-refractivity contribution in [2.24, 2.45) is 0 Å². The first-order valence-electron chi connectivity index (χ1n) is 6.12. The number of thiazole rings is 1. The van der Waals surface area contributed by atoms with Gasteiger partial charge in [0, 0.05) is 5.56 Å². The van der Waals surface area contributed by atoms with Crippen molar-refractivity contribution in [3.8, 4) is 0 Å². The zero-order chi connectivity index (χ0) is 16.8. The lowest BCUT2D eigenvalue weighted by Crippen LogP contribution is -2.20. The molecule has 10 heteroatoms. The Balaban J connectivity index is 1.86. The molecule has 0 aliphatic rings. The molecule has 9 nitrogen and oxygen atoms in total. The fraction of sp³-hybridized carbons (Fsp3) is 0.0769. The molecule has 23 heavy (non-hydrogen) atoms. The van der Waals surface area contributed by atoms with Gasteiger partial charge in [-0.05, 0) is 23.5 Å². The highest BCUT2D eigenvalue weighted by Gasteiger charge is 2.15. The number of aldehydes is 1. The van der Waals surface area contributed by atoms with E-state index in [1.807, 2.05) is 0 Å². The maximum atomic E-state index is 11.7. The molecule has 0 unspecified atom stereocenters. The Labute approximate surface area is 133 Å². The van der Waals surface area contributed by atoms with Crippen LogP contribution in [0.1, 0.15) is 20.7 Å². The minimum Gasteiger partial charge on any atom is -0.452 e. The largest absolute Gasteiger partial charge is 0.452 e. The zero-order valence-electron chi connectivity index (χ0n) is 11.4.